The van der Waals surface area contributed by atoms with Gasteiger partial charge in [-0.3, -0.25) is 9.59 Å². The first-order valence-electron chi connectivity index (χ1n) is 7.33. The Labute approximate surface area is 115 Å². The van der Waals surface area contributed by atoms with Crippen molar-refractivity contribution in [3.8, 4) is 0 Å². The lowest BCUT2D eigenvalue weighted by molar-refractivity contribution is -0.137. The lowest BCUT2D eigenvalue weighted by Gasteiger charge is -2.35. The zero-order chi connectivity index (χ0) is 14.0. The molecule has 5 nitrogen and oxygen atoms in total. The lowest BCUT2D eigenvalue weighted by Crippen LogP contribution is -2.50. The van der Waals surface area contributed by atoms with Gasteiger partial charge in [-0.1, -0.05) is 6.92 Å². The van der Waals surface area contributed by atoms with Crippen LogP contribution in [-0.4, -0.2) is 71.8 Å². The number of hydrogen-bond donors (Lipinski definition) is 0. The molecule has 1 atom stereocenters. The van der Waals surface area contributed by atoms with Crippen molar-refractivity contribution in [3.05, 3.63) is 0 Å². The molecule has 2 aliphatic rings. The van der Waals surface area contributed by atoms with Gasteiger partial charge >= 0.3 is 0 Å². The van der Waals surface area contributed by atoms with E-state index >= 15 is 0 Å². The molecular formula is C14H25N3O2. The van der Waals surface area contributed by atoms with Crippen LogP contribution in [0.5, 0.6) is 0 Å². The van der Waals surface area contributed by atoms with Gasteiger partial charge in [0.25, 0.3) is 0 Å². The van der Waals surface area contributed by atoms with Crippen LogP contribution in [0.15, 0.2) is 0 Å². The van der Waals surface area contributed by atoms with Gasteiger partial charge in [-0.2, -0.15) is 0 Å². The Morgan fingerprint density at radius 2 is 1.89 bits per heavy atom. The first-order chi connectivity index (χ1) is 9.02. The van der Waals surface area contributed by atoms with Crippen LogP contribution in [-0.2, 0) is 9.59 Å². The number of nitrogens with zero attached hydrogens (tertiary/aromatic N) is 3. The van der Waals surface area contributed by atoms with Gasteiger partial charge in [0, 0.05) is 45.2 Å². The van der Waals surface area contributed by atoms with Gasteiger partial charge < -0.3 is 14.7 Å². The minimum atomic E-state index is -0.122. The third-order valence-electron chi connectivity index (χ3n) is 4.26. The van der Waals surface area contributed by atoms with Crippen LogP contribution in [0.25, 0.3) is 0 Å². The van der Waals surface area contributed by atoms with Gasteiger partial charge in [0.2, 0.25) is 11.8 Å². The SMILES string of the molecule is CCN1CCN(C(=O)[C@@H]2CC(=O)N(C(C)C)C2)CC1. The summed E-state index contributed by atoms with van der Waals surface area (Å²) in [5.74, 6) is 0.177. The van der Waals surface area contributed by atoms with E-state index in [0.29, 0.717) is 13.0 Å². The molecule has 0 saturated carbocycles. The summed E-state index contributed by atoms with van der Waals surface area (Å²) in [6, 6.07) is 0.197. The fraction of sp³-hybridized carbons (Fsp3) is 0.857. The molecule has 2 fully saturated rings. The van der Waals surface area contributed by atoms with Crippen molar-refractivity contribution >= 4 is 11.8 Å². The van der Waals surface area contributed by atoms with Crippen molar-refractivity contribution in [2.75, 3.05) is 39.3 Å². The second kappa shape index (κ2) is 5.90. The topological polar surface area (TPSA) is 43.9 Å². The quantitative estimate of drug-likeness (QED) is 0.744. The number of likely N-dealkylation sites (N-methyl/N-ethyl adjacent to an activating group) is 1. The number of amides is 2. The van der Waals surface area contributed by atoms with Crippen molar-refractivity contribution in [1.82, 2.24) is 14.7 Å². The van der Waals surface area contributed by atoms with E-state index in [1.165, 1.54) is 0 Å². The van der Waals surface area contributed by atoms with E-state index in [-0.39, 0.29) is 23.8 Å². The number of piperazine rings is 1. The maximum absolute atomic E-state index is 12.4. The molecule has 108 valence electrons. The maximum atomic E-state index is 12.4. The Balaban J connectivity index is 1.89. The third kappa shape index (κ3) is 3.08. The highest BCUT2D eigenvalue weighted by Gasteiger charge is 2.37. The summed E-state index contributed by atoms with van der Waals surface area (Å²) in [5, 5.41) is 0. The van der Waals surface area contributed by atoms with Gasteiger partial charge in [0.05, 0.1) is 5.92 Å². The molecule has 0 aromatic rings. The number of rotatable bonds is 3. The fourth-order valence-electron chi connectivity index (χ4n) is 2.94. The van der Waals surface area contributed by atoms with E-state index in [1.807, 2.05) is 23.6 Å². The van der Waals surface area contributed by atoms with Gasteiger partial charge in [0.1, 0.15) is 0 Å². The van der Waals surface area contributed by atoms with Crippen LogP contribution in [0.2, 0.25) is 0 Å². The Hall–Kier alpha value is -1.10. The largest absolute Gasteiger partial charge is 0.340 e. The van der Waals surface area contributed by atoms with Crippen LogP contribution in [0.1, 0.15) is 27.2 Å². The highest BCUT2D eigenvalue weighted by Crippen LogP contribution is 2.22. The molecular weight excluding hydrogens is 242 g/mol. The predicted octanol–water partition coefficient (Wildman–Crippen LogP) is 0.407. The molecule has 0 bridgehead atoms. The fourth-order valence-corrected chi connectivity index (χ4v) is 2.94. The Kier molecular flexibility index (Phi) is 4.45. The molecule has 0 unspecified atom stereocenters. The van der Waals surface area contributed by atoms with Crippen molar-refractivity contribution < 1.29 is 9.59 Å². The van der Waals surface area contributed by atoms with Gasteiger partial charge in [-0.05, 0) is 20.4 Å². The van der Waals surface area contributed by atoms with Crippen LogP contribution in [0.4, 0.5) is 0 Å². The molecule has 0 aromatic heterocycles. The lowest BCUT2D eigenvalue weighted by atomic mass is 10.1. The highest BCUT2D eigenvalue weighted by atomic mass is 16.2. The normalized spacial score (nSPS) is 25.5. The summed E-state index contributed by atoms with van der Waals surface area (Å²) in [6.07, 6.45) is 0.394. The van der Waals surface area contributed by atoms with Crippen LogP contribution in [0.3, 0.4) is 0 Å². The number of carbonyl (C=O) groups is 2. The van der Waals surface area contributed by atoms with E-state index in [9.17, 15) is 9.59 Å². The van der Waals surface area contributed by atoms with E-state index in [1.54, 1.807) is 0 Å². The molecule has 2 saturated heterocycles. The first kappa shape index (κ1) is 14.3. The maximum Gasteiger partial charge on any atom is 0.228 e. The summed E-state index contributed by atoms with van der Waals surface area (Å²) in [5.41, 5.74) is 0. The van der Waals surface area contributed by atoms with Crippen molar-refractivity contribution in [3.63, 3.8) is 0 Å². The molecule has 0 aliphatic carbocycles. The standard InChI is InChI=1S/C14H25N3O2/c1-4-15-5-7-16(8-6-15)14(19)12-9-13(18)17(10-12)11(2)3/h11-12H,4-10H2,1-3H3/t12-/m1/s1. The second-order valence-electron chi connectivity index (χ2n) is 5.80. The summed E-state index contributed by atoms with van der Waals surface area (Å²) in [4.78, 5) is 30.4. The minimum absolute atomic E-state index is 0.122. The predicted molar refractivity (Wildman–Crippen MR) is 73.7 cm³/mol. The number of likely N-dealkylation sites (tertiary alicyclic amines) is 1. The molecule has 0 aromatic carbocycles. The number of hydrogen-bond acceptors (Lipinski definition) is 3. The van der Waals surface area contributed by atoms with Crippen LogP contribution >= 0.6 is 0 Å². The van der Waals surface area contributed by atoms with E-state index in [2.05, 4.69) is 11.8 Å². The molecule has 2 rings (SSSR count). The summed E-state index contributed by atoms with van der Waals surface area (Å²) in [7, 11) is 0. The van der Waals surface area contributed by atoms with E-state index in [0.717, 1.165) is 32.7 Å². The van der Waals surface area contributed by atoms with Gasteiger partial charge in [0.15, 0.2) is 0 Å². The van der Waals surface area contributed by atoms with Crippen molar-refractivity contribution in [2.24, 2.45) is 5.92 Å². The Morgan fingerprint density at radius 1 is 1.26 bits per heavy atom. The average molecular weight is 267 g/mol. The first-order valence-corrected chi connectivity index (χ1v) is 7.33. The highest BCUT2D eigenvalue weighted by molar-refractivity contribution is 5.89. The zero-order valence-electron chi connectivity index (χ0n) is 12.3. The molecule has 0 spiro atoms. The molecule has 5 heteroatoms. The number of carbonyl (C=O) groups excluding carboxylic acids is 2. The Morgan fingerprint density at radius 3 is 2.37 bits per heavy atom. The van der Waals surface area contributed by atoms with E-state index in [4.69, 9.17) is 0 Å². The van der Waals surface area contributed by atoms with Crippen molar-refractivity contribution in [2.45, 2.75) is 33.2 Å². The van der Waals surface area contributed by atoms with Crippen LogP contribution in [0, 0.1) is 5.92 Å². The van der Waals surface area contributed by atoms with Gasteiger partial charge in [-0.25, -0.2) is 0 Å². The monoisotopic (exact) mass is 267 g/mol. The van der Waals surface area contributed by atoms with Crippen molar-refractivity contribution in [1.29, 1.82) is 0 Å². The summed E-state index contributed by atoms with van der Waals surface area (Å²) in [6.45, 7) is 11.3. The third-order valence-corrected chi connectivity index (χ3v) is 4.26. The zero-order valence-corrected chi connectivity index (χ0v) is 12.3. The Bertz CT molecular complexity index is 349. The van der Waals surface area contributed by atoms with Gasteiger partial charge in [-0.15, -0.1) is 0 Å². The van der Waals surface area contributed by atoms with Crippen LogP contribution < -0.4 is 0 Å². The molecule has 2 amide bonds. The smallest absolute Gasteiger partial charge is 0.228 e. The molecule has 19 heavy (non-hydrogen) atoms. The molecule has 2 heterocycles. The molecule has 2 aliphatic heterocycles. The molecule has 0 radical (unpaired) electrons. The average Bonchev–Trinajstić information content (AvgIpc) is 2.80. The summed E-state index contributed by atoms with van der Waals surface area (Å²) >= 11 is 0. The molecule has 0 N–H and O–H groups in total. The summed E-state index contributed by atoms with van der Waals surface area (Å²) < 4.78 is 0. The van der Waals surface area contributed by atoms with E-state index < -0.39 is 0 Å². The second-order valence-corrected chi connectivity index (χ2v) is 5.80. The minimum Gasteiger partial charge on any atom is -0.340 e.